The second kappa shape index (κ2) is 16.4. The number of rotatable bonds is 14. The average Bonchev–Trinajstić information content (AvgIpc) is 3.54. The van der Waals surface area contributed by atoms with Crippen LogP contribution in [0.1, 0.15) is 54.0 Å². The molecule has 0 saturated carbocycles. The molecule has 11 nitrogen and oxygen atoms in total. The minimum Gasteiger partial charge on any atom is -0.424 e. The largest absolute Gasteiger partial charge is 0.424 e. The monoisotopic (exact) mass is 712 g/mol. The summed E-state index contributed by atoms with van der Waals surface area (Å²) in [5.41, 5.74) is 1.32. The molecule has 0 fully saturated rings. The Morgan fingerprint density at radius 3 is 2.13 bits per heavy atom. The highest BCUT2D eigenvalue weighted by atomic mass is 16.6. The standard InChI is InChI=1S/C42H40N4O7/c1-2-42(52,34-25-36-39-31(26-46(36)40(50)33(34)27-47)24-30-12-6-7-13-35(30)45-39)41(51)53-32-18-14-29(15-19-32)17-21-38(49)44-23-9-8-22-43-37(48)20-16-28-10-4-3-5-11-28/h3-7,10-21,24-25,47,52H,2,8-9,22-23,26-27H2,1H3,(H,43,48)(H,44,49)/b20-16+,21-17+/t42-/m0/s1. The Kier molecular flexibility index (Phi) is 11.4. The molecule has 3 heterocycles. The Hall–Kier alpha value is -6.17. The van der Waals surface area contributed by atoms with E-state index < -0.39 is 23.7 Å². The van der Waals surface area contributed by atoms with Crippen molar-refractivity contribution < 1.29 is 29.3 Å². The van der Waals surface area contributed by atoms with Crippen molar-refractivity contribution in [3.63, 3.8) is 0 Å². The number of carbonyl (C=O) groups excluding carboxylic acids is 3. The quantitative estimate of drug-likeness (QED) is 0.0540. The van der Waals surface area contributed by atoms with Gasteiger partial charge in [-0.25, -0.2) is 9.78 Å². The maximum Gasteiger partial charge on any atom is 0.348 e. The summed E-state index contributed by atoms with van der Waals surface area (Å²) in [6, 6.07) is 27.0. The SMILES string of the molecule is CC[C@@](O)(C(=O)Oc1ccc(/C=C/C(=O)NCCCCNC(=O)/C=C/c2ccccc2)cc1)c1cc2n(c(=O)c1CO)Cc1cc3ccccc3nc1-2. The number of aliphatic hydroxyl groups excluding tert-OH is 1. The molecule has 1 aliphatic rings. The number of hydrogen-bond donors (Lipinski definition) is 4. The van der Waals surface area contributed by atoms with Crippen LogP contribution in [0, 0.1) is 0 Å². The predicted octanol–water partition coefficient (Wildman–Crippen LogP) is 4.86. The maximum absolute atomic E-state index is 13.6. The fourth-order valence-electron chi connectivity index (χ4n) is 6.22. The number of hydrogen-bond acceptors (Lipinski definition) is 8. The van der Waals surface area contributed by atoms with E-state index in [1.54, 1.807) is 37.3 Å². The topological polar surface area (TPSA) is 160 Å². The lowest BCUT2D eigenvalue weighted by molar-refractivity contribution is -0.157. The van der Waals surface area contributed by atoms with Gasteiger partial charge >= 0.3 is 5.97 Å². The van der Waals surface area contributed by atoms with Crippen LogP contribution in [0.15, 0.2) is 108 Å². The number of para-hydroxylation sites is 1. The molecule has 0 aliphatic carbocycles. The third kappa shape index (κ3) is 8.33. The number of unbranched alkanes of at least 4 members (excludes halogenated alkanes) is 1. The number of amides is 2. The maximum atomic E-state index is 13.6. The van der Waals surface area contributed by atoms with Gasteiger partial charge in [0, 0.05) is 47.3 Å². The Bertz CT molecular complexity index is 2260. The van der Waals surface area contributed by atoms with Crippen molar-refractivity contribution in [3.05, 3.63) is 141 Å². The first kappa shape index (κ1) is 36.6. The van der Waals surface area contributed by atoms with Crippen molar-refractivity contribution in [2.24, 2.45) is 0 Å². The van der Waals surface area contributed by atoms with Crippen LogP contribution in [-0.2, 0) is 33.1 Å². The lowest BCUT2D eigenvalue weighted by Gasteiger charge is -2.27. The molecule has 2 amide bonds. The van der Waals surface area contributed by atoms with E-state index in [0.717, 1.165) is 22.0 Å². The van der Waals surface area contributed by atoms with E-state index in [-0.39, 0.29) is 41.7 Å². The van der Waals surface area contributed by atoms with Crippen LogP contribution in [0.4, 0.5) is 0 Å². The molecule has 0 spiro atoms. The van der Waals surface area contributed by atoms with E-state index >= 15 is 0 Å². The smallest absolute Gasteiger partial charge is 0.348 e. The summed E-state index contributed by atoms with van der Waals surface area (Å²) in [4.78, 5) is 56.2. The van der Waals surface area contributed by atoms with Crippen molar-refractivity contribution in [2.45, 2.75) is 44.9 Å². The van der Waals surface area contributed by atoms with Crippen LogP contribution in [-0.4, -0.2) is 50.6 Å². The number of aliphatic hydroxyl groups is 2. The fourth-order valence-corrected chi connectivity index (χ4v) is 6.22. The first-order valence-corrected chi connectivity index (χ1v) is 17.5. The Balaban J connectivity index is 1.03. The third-order valence-electron chi connectivity index (χ3n) is 9.17. The molecule has 270 valence electrons. The first-order chi connectivity index (χ1) is 25.7. The highest BCUT2D eigenvalue weighted by molar-refractivity contribution is 5.92. The summed E-state index contributed by atoms with van der Waals surface area (Å²) in [6.07, 6.45) is 7.52. The van der Waals surface area contributed by atoms with Crippen molar-refractivity contribution in [1.29, 1.82) is 0 Å². The van der Waals surface area contributed by atoms with E-state index in [4.69, 9.17) is 9.72 Å². The summed E-state index contributed by atoms with van der Waals surface area (Å²) in [6.45, 7) is 2.10. The molecular formula is C42H40N4O7. The number of pyridine rings is 2. The van der Waals surface area contributed by atoms with Crippen LogP contribution in [0.25, 0.3) is 34.4 Å². The number of fused-ring (bicyclic) bond motifs is 4. The second-order valence-electron chi connectivity index (χ2n) is 12.7. The lowest BCUT2D eigenvalue weighted by Crippen LogP contribution is -2.41. The molecule has 4 N–H and O–H groups in total. The number of aromatic nitrogens is 2. The minimum atomic E-state index is -2.24. The molecule has 0 radical (unpaired) electrons. The summed E-state index contributed by atoms with van der Waals surface area (Å²) in [5.74, 6) is -1.31. The van der Waals surface area contributed by atoms with Crippen molar-refractivity contribution >= 4 is 40.8 Å². The van der Waals surface area contributed by atoms with Crippen LogP contribution < -0.4 is 20.9 Å². The van der Waals surface area contributed by atoms with E-state index in [0.29, 0.717) is 42.9 Å². The summed E-state index contributed by atoms with van der Waals surface area (Å²) in [5, 5.41) is 28.6. The highest BCUT2D eigenvalue weighted by Crippen LogP contribution is 2.37. The van der Waals surface area contributed by atoms with Crippen LogP contribution in [0.2, 0.25) is 0 Å². The van der Waals surface area contributed by atoms with E-state index in [9.17, 15) is 29.4 Å². The van der Waals surface area contributed by atoms with Gasteiger partial charge in [0.05, 0.1) is 30.1 Å². The van der Waals surface area contributed by atoms with Crippen molar-refractivity contribution in [3.8, 4) is 17.1 Å². The fraction of sp³-hybridized carbons (Fsp3) is 0.214. The number of nitrogens with one attached hydrogen (secondary N) is 2. The molecule has 0 saturated heterocycles. The van der Waals surface area contributed by atoms with Gasteiger partial charge in [-0.1, -0.05) is 67.6 Å². The van der Waals surface area contributed by atoms with Gasteiger partial charge in [-0.3, -0.25) is 14.4 Å². The van der Waals surface area contributed by atoms with Gasteiger partial charge < -0.3 is 30.2 Å². The number of benzene rings is 3. The third-order valence-corrected chi connectivity index (χ3v) is 9.17. The van der Waals surface area contributed by atoms with Crippen LogP contribution in [0.3, 0.4) is 0 Å². The Morgan fingerprint density at radius 2 is 1.49 bits per heavy atom. The zero-order chi connectivity index (χ0) is 37.4. The van der Waals surface area contributed by atoms with E-state index in [2.05, 4.69) is 10.6 Å². The van der Waals surface area contributed by atoms with Crippen molar-refractivity contribution in [1.82, 2.24) is 20.2 Å². The molecule has 6 rings (SSSR count). The van der Waals surface area contributed by atoms with Gasteiger partial charge in [0.25, 0.3) is 5.56 Å². The molecule has 2 aromatic heterocycles. The van der Waals surface area contributed by atoms with Gasteiger partial charge in [-0.05, 0) is 72.9 Å². The average molecular weight is 713 g/mol. The molecule has 11 heteroatoms. The Labute approximate surface area is 306 Å². The molecule has 5 aromatic rings. The van der Waals surface area contributed by atoms with Crippen molar-refractivity contribution in [2.75, 3.05) is 13.1 Å². The van der Waals surface area contributed by atoms with E-state index in [1.165, 1.54) is 28.9 Å². The lowest BCUT2D eigenvalue weighted by atomic mass is 9.87. The second-order valence-corrected chi connectivity index (χ2v) is 12.7. The molecule has 3 aromatic carbocycles. The summed E-state index contributed by atoms with van der Waals surface area (Å²) >= 11 is 0. The summed E-state index contributed by atoms with van der Waals surface area (Å²) < 4.78 is 7.09. The highest BCUT2D eigenvalue weighted by Gasteiger charge is 2.42. The first-order valence-electron chi connectivity index (χ1n) is 17.5. The molecule has 1 aliphatic heterocycles. The summed E-state index contributed by atoms with van der Waals surface area (Å²) in [7, 11) is 0. The minimum absolute atomic E-state index is 0.0298. The van der Waals surface area contributed by atoms with Crippen LogP contribution >= 0.6 is 0 Å². The van der Waals surface area contributed by atoms with Gasteiger partial charge in [0.1, 0.15) is 5.75 Å². The van der Waals surface area contributed by atoms with Gasteiger partial charge in [0.2, 0.25) is 11.8 Å². The molecule has 1 atom stereocenters. The number of carbonyl (C=O) groups is 3. The molecular weight excluding hydrogens is 672 g/mol. The van der Waals surface area contributed by atoms with Gasteiger partial charge in [-0.15, -0.1) is 0 Å². The predicted molar refractivity (Wildman–Crippen MR) is 202 cm³/mol. The number of ether oxygens (including phenoxy) is 1. The van der Waals surface area contributed by atoms with Crippen LogP contribution in [0.5, 0.6) is 5.75 Å². The van der Waals surface area contributed by atoms with E-state index in [1.807, 2.05) is 60.7 Å². The zero-order valence-electron chi connectivity index (χ0n) is 29.2. The number of nitrogens with zero attached hydrogens (tertiary/aromatic N) is 2. The molecule has 0 bridgehead atoms. The van der Waals surface area contributed by atoms with Gasteiger partial charge in [0.15, 0.2) is 5.60 Å². The normalized spacial score (nSPS) is 13.1. The zero-order valence-corrected chi connectivity index (χ0v) is 29.2. The Morgan fingerprint density at radius 1 is 0.868 bits per heavy atom. The van der Waals surface area contributed by atoms with Gasteiger partial charge in [-0.2, -0.15) is 0 Å². The molecule has 0 unspecified atom stereocenters. The molecule has 53 heavy (non-hydrogen) atoms. The number of esters is 1.